The Balaban J connectivity index is 1.58. The van der Waals surface area contributed by atoms with Crippen molar-refractivity contribution in [3.8, 4) is 0 Å². The van der Waals surface area contributed by atoms with E-state index in [0.717, 1.165) is 25.4 Å². The molecule has 0 unspecified atom stereocenters. The van der Waals surface area contributed by atoms with E-state index in [1.54, 1.807) is 24.6 Å². The van der Waals surface area contributed by atoms with Crippen LogP contribution in [0.25, 0.3) is 0 Å². The van der Waals surface area contributed by atoms with E-state index < -0.39 is 0 Å². The Morgan fingerprint density at radius 3 is 2.71 bits per heavy atom. The molecule has 0 aromatic carbocycles. The summed E-state index contributed by atoms with van der Waals surface area (Å²) in [4.78, 5) is 20.5. The van der Waals surface area contributed by atoms with Gasteiger partial charge < -0.3 is 9.32 Å². The van der Waals surface area contributed by atoms with Crippen LogP contribution < -0.4 is 0 Å². The molecule has 3 heterocycles. The van der Waals surface area contributed by atoms with Crippen LogP contribution in [0.4, 0.5) is 0 Å². The summed E-state index contributed by atoms with van der Waals surface area (Å²) in [6.45, 7) is 3.80. The lowest BCUT2D eigenvalue weighted by Crippen LogP contribution is -2.48. The van der Waals surface area contributed by atoms with E-state index in [0.29, 0.717) is 18.7 Å². The SMILES string of the molecule is O=C(c1cccnc1Cl)N1CCN(Cc2ccco2)CC1. The van der Waals surface area contributed by atoms with E-state index in [1.165, 1.54) is 0 Å². The third-order valence-electron chi connectivity index (χ3n) is 3.61. The average molecular weight is 306 g/mol. The molecule has 2 aromatic rings. The van der Waals surface area contributed by atoms with E-state index in [-0.39, 0.29) is 11.1 Å². The number of amides is 1. The number of rotatable bonds is 3. The van der Waals surface area contributed by atoms with Crippen LogP contribution in [0.1, 0.15) is 16.1 Å². The number of hydrogen-bond donors (Lipinski definition) is 0. The second kappa shape index (κ2) is 6.28. The van der Waals surface area contributed by atoms with Gasteiger partial charge in [-0.1, -0.05) is 11.6 Å². The largest absolute Gasteiger partial charge is 0.468 e. The summed E-state index contributed by atoms with van der Waals surface area (Å²) in [5.41, 5.74) is 0.471. The van der Waals surface area contributed by atoms with Crippen LogP contribution >= 0.6 is 11.6 Å². The summed E-state index contributed by atoms with van der Waals surface area (Å²) >= 11 is 5.98. The van der Waals surface area contributed by atoms with Crippen molar-refractivity contribution in [3.63, 3.8) is 0 Å². The number of hydrogen-bond acceptors (Lipinski definition) is 4. The molecule has 1 aliphatic heterocycles. The van der Waals surface area contributed by atoms with Crippen LogP contribution in [-0.2, 0) is 6.54 Å². The molecule has 0 N–H and O–H groups in total. The number of carbonyl (C=O) groups is 1. The average Bonchev–Trinajstić information content (AvgIpc) is 3.01. The van der Waals surface area contributed by atoms with Crippen LogP contribution in [0.5, 0.6) is 0 Å². The lowest BCUT2D eigenvalue weighted by molar-refractivity contribution is 0.0620. The van der Waals surface area contributed by atoms with Gasteiger partial charge in [0.25, 0.3) is 5.91 Å². The second-order valence-electron chi connectivity index (χ2n) is 4.99. The Labute approximate surface area is 128 Å². The summed E-state index contributed by atoms with van der Waals surface area (Å²) < 4.78 is 5.35. The van der Waals surface area contributed by atoms with E-state index >= 15 is 0 Å². The topological polar surface area (TPSA) is 49.6 Å². The third kappa shape index (κ3) is 3.25. The van der Waals surface area contributed by atoms with Gasteiger partial charge in [0.2, 0.25) is 0 Å². The van der Waals surface area contributed by atoms with Crippen LogP contribution in [0.3, 0.4) is 0 Å². The van der Waals surface area contributed by atoms with Crippen LogP contribution in [-0.4, -0.2) is 46.9 Å². The van der Waals surface area contributed by atoms with Crippen LogP contribution in [0.15, 0.2) is 41.1 Å². The maximum absolute atomic E-state index is 12.4. The predicted molar refractivity (Wildman–Crippen MR) is 79.1 cm³/mol. The molecule has 0 bridgehead atoms. The van der Waals surface area contributed by atoms with Gasteiger partial charge in [-0.2, -0.15) is 0 Å². The van der Waals surface area contributed by atoms with E-state index in [1.807, 2.05) is 17.0 Å². The molecule has 3 rings (SSSR count). The van der Waals surface area contributed by atoms with Crippen molar-refractivity contribution in [2.24, 2.45) is 0 Å². The van der Waals surface area contributed by atoms with Gasteiger partial charge in [-0.3, -0.25) is 9.69 Å². The van der Waals surface area contributed by atoms with Gasteiger partial charge in [-0.15, -0.1) is 0 Å². The highest BCUT2D eigenvalue weighted by atomic mass is 35.5. The highest BCUT2D eigenvalue weighted by Gasteiger charge is 2.24. The number of aromatic nitrogens is 1. The van der Waals surface area contributed by atoms with Gasteiger partial charge in [-0.25, -0.2) is 4.98 Å². The predicted octanol–water partition coefficient (Wildman–Crippen LogP) is 2.29. The molecule has 1 saturated heterocycles. The van der Waals surface area contributed by atoms with Gasteiger partial charge in [-0.05, 0) is 24.3 Å². The van der Waals surface area contributed by atoms with Crippen molar-refractivity contribution in [1.29, 1.82) is 0 Å². The summed E-state index contributed by atoms with van der Waals surface area (Å²) in [7, 11) is 0. The minimum atomic E-state index is -0.0502. The first-order chi connectivity index (χ1) is 10.2. The van der Waals surface area contributed by atoms with Crippen molar-refractivity contribution < 1.29 is 9.21 Å². The highest BCUT2D eigenvalue weighted by molar-refractivity contribution is 6.32. The number of piperazine rings is 1. The molecule has 0 aliphatic carbocycles. The van der Waals surface area contributed by atoms with Gasteiger partial charge in [0.1, 0.15) is 10.9 Å². The molecule has 1 aliphatic rings. The molecule has 0 spiro atoms. The zero-order valence-corrected chi connectivity index (χ0v) is 12.3. The summed E-state index contributed by atoms with van der Waals surface area (Å²) in [6, 6.07) is 7.30. The van der Waals surface area contributed by atoms with E-state index in [4.69, 9.17) is 16.0 Å². The Hall–Kier alpha value is -1.85. The van der Waals surface area contributed by atoms with Crippen LogP contribution in [0, 0.1) is 0 Å². The normalized spacial score (nSPS) is 16.1. The summed E-state index contributed by atoms with van der Waals surface area (Å²) in [5.74, 6) is 0.899. The Morgan fingerprint density at radius 1 is 1.24 bits per heavy atom. The first-order valence-electron chi connectivity index (χ1n) is 6.88. The molecule has 110 valence electrons. The molecule has 1 amide bonds. The highest BCUT2D eigenvalue weighted by Crippen LogP contribution is 2.16. The fourth-order valence-corrected chi connectivity index (χ4v) is 2.65. The number of pyridine rings is 1. The lowest BCUT2D eigenvalue weighted by atomic mass is 10.2. The maximum Gasteiger partial charge on any atom is 0.257 e. The second-order valence-corrected chi connectivity index (χ2v) is 5.35. The van der Waals surface area contributed by atoms with Crippen molar-refractivity contribution in [3.05, 3.63) is 53.2 Å². The minimum Gasteiger partial charge on any atom is -0.468 e. The van der Waals surface area contributed by atoms with Crippen molar-refractivity contribution in [2.75, 3.05) is 26.2 Å². The molecule has 1 fully saturated rings. The van der Waals surface area contributed by atoms with Crippen LogP contribution in [0.2, 0.25) is 5.15 Å². The lowest BCUT2D eigenvalue weighted by Gasteiger charge is -2.34. The standard InChI is InChI=1S/C15H16ClN3O2/c16-14-13(4-1-5-17-14)15(20)19-8-6-18(7-9-19)11-12-3-2-10-21-12/h1-5,10H,6-9,11H2. The number of halogens is 1. The Kier molecular flexibility index (Phi) is 4.22. The van der Waals surface area contributed by atoms with E-state index in [9.17, 15) is 4.79 Å². The number of nitrogens with zero attached hydrogens (tertiary/aromatic N) is 3. The summed E-state index contributed by atoms with van der Waals surface area (Å²) in [6.07, 6.45) is 3.26. The fraction of sp³-hybridized carbons (Fsp3) is 0.333. The molecule has 21 heavy (non-hydrogen) atoms. The molecule has 0 atom stereocenters. The zero-order valence-electron chi connectivity index (χ0n) is 11.5. The minimum absolute atomic E-state index is 0.0502. The molecule has 0 saturated carbocycles. The van der Waals surface area contributed by atoms with Crippen molar-refractivity contribution in [2.45, 2.75) is 6.54 Å². The van der Waals surface area contributed by atoms with Gasteiger partial charge >= 0.3 is 0 Å². The smallest absolute Gasteiger partial charge is 0.257 e. The van der Waals surface area contributed by atoms with Crippen molar-refractivity contribution in [1.82, 2.24) is 14.8 Å². The summed E-state index contributed by atoms with van der Waals surface area (Å²) in [5, 5.41) is 0.264. The molecular weight excluding hydrogens is 290 g/mol. The van der Waals surface area contributed by atoms with Gasteiger partial charge in [0, 0.05) is 32.4 Å². The van der Waals surface area contributed by atoms with Gasteiger partial charge in [0.05, 0.1) is 18.4 Å². The third-order valence-corrected chi connectivity index (χ3v) is 3.91. The first-order valence-corrected chi connectivity index (χ1v) is 7.26. The molecule has 6 heteroatoms. The first kappa shape index (κ1) is 14.1. The van der Waals surface area contributed by atoms with Crippen molar-refractivity contribution >= 4 is 17.5 Å². The fourth-order valence-electron chi connectivity index (χ4n) is 2.45. The zero-order chi connectivity index (χ0) is 14.7. The molecular formula is C15H16ClN3O2. The van der Waals surface area contributed by atoms with E-state index in [2.05, 4.69) is 9.88 Å². The monoisotopic (exact) mass is 305 g/mol. The Bertz CT molecular complexity index is 607. The molecule has 2 aromatic heterocycles. The quantitative estimate of drug-likeness (QED) is 0.816. The maximum atomic E-state index is 12.4. The molecule has 0 radical (unpaired) electrons. The Morgan fingerprint density at radius 2 is 2.05 bits per heavy atom. The van der Waals surface area contributed by atoms with Gasteiger partial charge in [0.15, 0.2) is 0 Å². The number of furan rings is 1. The number of carbonyl (C=O) groups excluding carboxylic acids is 1. The molecule has 5 nitrogen and oxygen atoms in total.